The van der Waals surface area contributed by atoms with Crippen LogP contribution >= 0.6 is 0 Å². The SMILES string of the molecule is CCCN1C(=O)C(=O)/C(=C(/O)c2cc(C)ccc2OC)C1c1cccc(OC(C)C)c1. The van der Waals surface area contributed by atoms with Crippen LogP contribution in [0.1, 0.15) is 49.9 Å². The number of methoxy groups -OCH3 is 1. The van der Waals surface area contributed by atoms with Crippen molar-refractivity contribution in [1.82, 2.24) is 4.90 Å². The van der Waals surface area contributed by atoms with E-state index in [-0.39, 0.29) is 17.4 Å². The minimum atomic E-state index is -0.708. The van der Waals surface area contributed by atoms with Gasteiger partial charge in [-0.15, -0.1) is 0 Å². The lowest BCUT2D eigenvalue weighted by Crippen LogP contribution is -2.30. The van der Waals surface area contributed by atoms with Gasteiger partial charge in [-0.2, -0.15) is 0 Å². The molecule has 0 saturated carbocycles. The van der Waals surface area contributed by atoms with Gasteiger partial charge >= 0.3 is 0 Å². The molecule has 6 nitrogen and oxygen atoms in total. The monoisotopic (exact) mass is 423 g/mol. The Balaban J connectivity index is 2.22. The number of aliphatic hydroxyl groups excluding tert-OH is 1. The number of hydrogen-bond donors (Lipinski definition) is 1. The first-order valence-electron chi connectivity index (χ1n) is 10.5. The number of aliphatic hydroxyl groups is 1. The molecule has 1 aliphatic rings. The van der Waals surface area contributed by atoms with E-state index in [2.05, 4.69) is 0 Å². The topological polar surface area (TPSA) is 76.1 Å². The highest BCUT2D eigenvalue weighted by atomic mass is 16.5. The Morgan fingerprint density at radius 1 is 1.16 bits per heavy atom. The van der Waals surface area contributed by atoms with Gasteiger partial charge in [0.05, 0.1) is 30.4 Å². The number of ketones is 1. The van der Waals surface area contributed by atoms with E-state index in [4.69, 9.17) is 9.47 Å². The molecule has 0 aliphatic carbocycles. The van der Waals surface area contributed by atoms with Crippen LogP contribution in [0.15, 0.2) is 48.0 Å². The number of rotatable bonds is 7. The summed E-state index contributed by atoms with van der Waals surface area (Å²) >= 11 is 0. The fourth-order valence-corrected chi connectivity index (χ4v) is 3.88. The number of ether oxygens (including phenoxy) is 2. The summed E-state index contributed by atoms with van der Waals surface area (Å²) in [5, 5.41) is 11.2. The van der Waals surface area contributed by atoms with Gasteiger partial charge in [-0.1, -0.05) is 30.7 Å². The number of nitrogens with zero attached hydrogens (tertiary/aromatic N) is 1. The molecule has 2 aromatic carbocycles. The Hall–Kier alpha value is -3.28. The van der Waals surface area contributed by atoms with Crippen molar-refractivity contribution in [3.05, 3.63) is 64.7 Å². The summed E-state index contributed by atoms with van der Waals surface area (Å²) in [6.07, 6.45) is 0.660. The van der Waals surface area contributed by atoms with Crippen molar-refractivity contribution in [2.75, 3.05) is 13.7 Å². The Morgan fingerprint density at radius 2 is 1.90 bits per heavy atom. The smallest absolute Gasteiger partial charge is 0.295 e. The van der Waals surface area contributed by atoms with Crippen molar-refractivity contribution >= 4 is 17.4 Å². The van der Waals surface area contributed by atoms with E-state index in [0.717, 1.165) is 5.56 Å². The predicted octanol–water partition coefficient (Wildman–Crippen LogP) is 4.62. The second-order valence-electron chi connectivity index (χ2n) is 7.94. The molecular weight excluding hydrogens is 394 g/mol. The van der Waals surface area contributed by atoms with E-state index in [9.17, 15) is 14.7 Å². The Bertz CT molecular complexity index is 1020. The second-order valence-corrected chi connectivity index (χ2v) is 7.94. The largest absolute Gasteiger partial charge is 0.507 e. The number of likely N-dealkylation sites (tertiary alicyclic amines) is 1. The van der Waals surface area contributed by atoms with Crippen LogP contribution in [-0.2, 0) is 9.59 Å². The van der Waals surface area contributed by atoms with Gasteiger partial charge in [-0.25, -0.2) is 0 Å². The van der Waals surface area contributed by atoms with E-state index in [1.165, 1.54) is 12.0 Å². The third-order valence-corrected chi connectivity index (χ3v) is 5.16. The molecule has 164 valence electrons. The average Bonchev–Trinajstić information content (AvgIpc) is 2.98. The summed E-state index contributed by atoms with van der Waals surface area (Å²) in [6, 6.07) is 11.9. The molecule has 0 bridgehead atoms. The van der Waals surface area contributed by atoms with E-state index < -0.39 is 17.7 Å². The zero-order valence-electron chi connectivity index (χ0n) is 18.6. The Morgan fingerprint density at radius 3 is 2.55 bits per heavy atom. The molecule has 1 unspecified atom stereocenters. The first-order chi connectivity index (χ1) is 14.8. The summed E-state index contributed by atoms with van der Waals surface area (Å²) in [7, 11) is 1.50. The van der Waals surface area contributed by atoms with Gasteiger partial charge in [0.25, 0.3) is 11.7 Å². The molecule has 2 aromatic rings. The molecule has 1 heterocycles. The van der Waals surface area contributed by atoms with Crippen molar-refractivity contribution in [3.8, 4) is 11.5 Å². The zero-order valence-corrected chi connectivity index (χ0v) is 18.6. The highest BCUT2D eigenvalue weighted by molar-refractivity contribution is 6.46. The van der Waals surface area contributed by atoms with Gasteiger partial charge in [0.2, 0.25) is 0 Å². The van der Waals surface area contributed by atoms with Gasteiger partial charge < -0.3 is 19.5 Å². The molecule has 1 fully saturated rings. The molecule has 3 rings (SSSR count). The molecule has 6 heteroatoms. The molecule has 1 atom stereocenters. The second kappa shape index (κ2) is 9.25. The minimum absolute atomic E-state index is 0.0196. The minimum Gasteiger partial charge on any atom is -0.507 e. The highest BCUT2D eigenvalue weighted by Gasteiger charge is 2.46. The van der Waals surface area contributed by atoms with E-state index in [1.807, 2.05) is 58.0 Å². The lowest BCUT2D eigenvalue weighted by atomic mass is 9.94. The standard InChI is InChI=1S/C25H29NO5/c1-6-12-26-22(17-8-7-9-18(14-17)31-15(2)3)21(24(28)25(26)29)23(27)19-13-16(4)10-11-20(19)30-5/h7-11,13-15,22,27H,6,12H2,1-5H3/b23-21+. The van der Waals surface area contributed by atoms with Crippen LogP contribution in [0.5, 0.6) is 11.5 Å². The van der Waals surface area contributed by atoms with Crippen LogP contribution in [0.25, 0.3) is 5.76 Å². The fourth-order valence-electron chi connectivity index (χ4n) is 3.88. The maximum absolute atomic E-state index is 13.1. The number of benzene rings is 2. The molecule has 1 N–H and O–H groups in total. The summed E-state index contributed by atoms with van der Waals surface area (Å²) < 4.78 is 11.2. The van der Waals surface area contributed by atoms with E-state index in [0.29, 0.717) is 35.6 Å². The quantitative estimate of drug-likeness (QED) is 0.399. The number of Topliss-reactive ketones (excluding diaryl/α,β-unsaturated/α-hetero) is 1. The number of carbonyl (C=O) groups is 2. The van der Waals surface area contributed by atoms with Crippen LogP contribution in [0, 0.1) is 6.92 Å². The van der Waals surface area contributed by atoms with Crippen LogP contribution in [0.3, 0.4) is 0 Å². The maximum Gasteiger partial charge on any atom is 0.295 e. The molecule has 1 saturated heterocycles. The molecular formula is C25H29NO5. The van der Waals surface area contributed by atoms with Gasteiger partial charge in [0, 0.05) is 6.54 Å². The molecule has 1 amide bonds. The van der Waals surface area contributed by atoms with Crippen LogP contribution in [0.4, 0.5) is 0 Å². The van der Waals surface area contributed by atoms with Gasteiger partial charge in [0.1, 0.15) is 17.3 Å². The highest BCUT2D eigenvalue weighted by Crippen LogP contribution is 2.41. The predicted molar refractivity (Wildman–Crippen MR) is 119 cm³/mol. The number of carbonyl (C=O) groups excluding carboxylic acids is 2. The van der Waals surface area contributed by atoms with Gasteiger partial charge in [-0.05, 0) is 57.0 Å². The van der Waals surface area contributed by atoms with Gasteiger partial charge in [-0.3, -0.25) is 9.59 Å². The van der Waals surface area contributed by atoms with Crippen LogP contribution in [0.2, 0.25) is 0 Å². The first-order valence-corrected chi connectivity index (χ1v) is 10.5. The first kappa shape index (κ1) is 22.4. The lowest BCUT2D eigenvalue weighted by molar-refractivity contribution is -0.139. The fraction of sp³-hybridized carbons (Fsp3) is 0.360. The molecule has 0 spiro atoms. The zero-order chi connectivity index (χ0) is 22.7. The summed E-state index contributed by atoms with van der Waals surface area (Å²) in [4.78, 5) is 27.5. The summed E-state index contributed by atoms with van der Waals surface area (Å²) in [5.41, 5.74) is 2.05. The Kier molecular flexibility index (Phi) is 6.68. The summed E-state index contributed by atoms with van der Waals surface area (Å²) in [5.74, 6) is -0.481. The number of amides is 1. The van der Waals surface area contributed by atoms with Crippen molar-refractivity contribution in [2.24, 2.45) is 0 Å². The molecule has 0 aromatic heterocycles. The normalized spacial score (nSPS) is 18.0. The molecule has 1 aliphatic heterocycles. The third kappa shape index (κ3) is 4.43. The maximum atomic E-state index is 13.1. The van der Waals surface area contributed by atoms with E-state index in [1.54, 1.807) is 12.1 Å². The van der Waals surface area contributed by atoms with Crippen LogP contribution < -0.4 is 9.47 Å². The molecule has 31 heavy (non-hydrogen) atoms. The Labute approximate surface area is 183 Å². The van der Waals surface area contributed by atoms with Crippen molar-refractivity contribution in [2.45, 2.75) is 46.3 Å². The van der Waals surface area contributed by atoms with Crippen molar-refractivity contribution in [1.29, 1.82) is 0 Å². The number of aryl methyl sites for hydroxylation is 1. The van der Waals surface area contributed by atoms with E-state index >= 15 is 0 Å². The van der Waals surface area contributed by atoms with Crippen molar-refractivity contribution < 1.29 is 24.2 Å². The molecule has 0 radical (unpaired) electrons. The lowest BCUT2D eigenvalue weighted by Gasteiger charge is -2.25. The third-order valence-electron chi connectivity index (χ3n) is 5.16. The number of hydrogen-bond acceptors (Lipinski definition) is 5. The van der Waals surface area contributed by atoms with Crippen LogP contribution in [-0.4, -0.2) is 41.5 Å². The summed E-state index contributed by atoms with van der Waals surface area (Å²) in [6.45, 7) is 8.08. The average molecular weight is 424 g/mol. The van der Waals surface area contributed by atoms with Gasteiger partial charge in [0.15, 0.2) is 0 Å². The van der Waals surface area contributed by atoms with Crippen molar-refractivity contribution in [3.63, 3.8) is 0 Å².